The first kappa shape index (κ1) is 19.1. The molecule has 2 aliphatic heterocycles. The zero-order valence-electron chi connectivity index (χ0n) is 16.8. The number of nitrogens with zero attached hydrogens (tertiary/aromatic N) is 3. The molecular weight excluding hydrogens is 379 g/mol. The highest BCUT2D eigenvalue weighted by Gasteiger charge is 2.47. The Hall–Kier alpha value is -3.23. The Morgan fingerprint density at radius 1 is 1.21 bits per heavy atom. The summed E-state index contributed by atoms with van der Waals surface area (Å²) in [5, 5.41) is 2.49. The average Bonchev–Trinajstić information content (AvgIpc) is 3.06. The summed E-state index contributed by atoms with van der Waals surface area (Å²) < 4.78 is 26.8. The minimum Gasteiger partial charge on any atom is -0.492 e. The van der Waals surface area contributed by atoms with Gasteiger partial charge in [-0.15, -0.1) is 0 Å². The summed E-state index contributed by atoms with van der Waals surface area (Å²) in [6.45, 7) is 9.46. The lowest BCUT2D eigenvalue weighted by molar-refractivity contribution is -0.121. The third-order valence-electron chi connectivity index (χ3n) is 5.09. The van der Waals surface area contributed by atoms with Gasteiger partial charge < -0.3 is 14.8 Å². The fourth-order valence-corrected chi connectivity index (χ4v) is 3.52. The second-order valence-electron chi connectivity index (χ2n) is 8.37. The number of ether oxygens (including phenoxy) is 2. The van der Waals surface area contributed by atoms with E-state index in [-0.39, 0.29) is 11.3 Å². The maximum atomic E-state index is 15.2. The van der Waals surface area contributed by atoms with Crippen molar-refractivity contribution in [3.8, 4) is 17.4 Å². The van der Waals surface area contributed by atoms with Crippen molar-refractivity contribution in [1.82, 2.24) is 15.3 Å². The molecule has 0 spiro atoms. The van der Waals surface area contributed by atoms with Crippen LogP contribution in [0.2, 0.25) is 0 Å². The van der Waals surface area contributed by atoms with E-state index in [0.717, 1.165) is 17.5 Å². The number of benzene rings is 1. The number of hydrogen-bond donors (Lipinski definition) is 1. The number of carbonyl (C=O) groups is 2. The van der Waals surface area contributed by atoms with Crippen LogP contribution in [0.25, 0.3) is 0 Å². The van der Waals surface area contributed by atoms with Crippen LogP contribution in [0, 0.1) is 12.7 Å². The maximum absolute atomic E-state index is 15.2. The number of carbonyl (C=O) groups excluding carboxylic acids is 2. The number of imide groups is 1. The van der Waals surface area contributed by atoms with Gasteiger partial charge in [-0.25, -0.2) is 14.7 Å². The molecule has 3 amide bonds. The van der Waals surface area contributed by atoms with Crippen LogP contribution in [0.1, 0.15) is 38.8 Å². The van der Waals surface area contributed by atoms with Gasteiger partial charge in [0.25, 0.3) is 11.8 Å². The molecule has 0 radical (unpaired) electrons. The van der Waals surface area contributed by atoms with Gasteiger partial charge in [0.1, 0.15) is 23.4 Å². The van der Waals surface area contributed by atoms with E-state index in [1.165, 1.54) is 13.8 Å². The average molecular weight is 400 g/mol. The van der Waals surface area contributed by atoms with Gasteiger partial charge in [0, 0.05) is 11.0 Å². The van der Waals surface area contributed by atoms with Gasteiger partial charge in [-0.05, 0) is 32.4 Å². The van der Waals surface area contributed by atoms with Crippen molar-refractivity contribution in [3.05, 3.63) is 35.4 Å². The largest absolute Gasteiger partial charge is 0.492 e. The lowest BCUT2D eigenvalue weighted by atomic mass is 9.85. The lowest BCUT2D eigenvalue weighted by Crippen LogP contribution is -2.40. The molecule has 1 aromatic heterocycles. The van der Waals surface area contributed by atoms with E-state index in [1.807, 2.05) is 26.8 Å². The van der Waals surface area contributed by atoms with Gasteiger partial charge in [0.2, 0.25) is 5.82 Å². The fraction of sp³-hybridized carbons (Fsp3) is 0.400. The number of aromatic nitrogens is 2. The van der Waals surface area contributed by atoms with Crippen LogP contribution in [0.15, 0.2) is 18.5 Å². The topological polar surface area (TPSA) is 93.7 Å². The van der Waals surface area contributed by atoms with Gasteiger partial charge in [0.15, 0.2) is 5.82 Å². The monoisotopic (exact) mass is 400 g/mol. The van der Waals surface area contributed by atoms with E-state index in [2.05, 4.69) is 15.3 Å². The Morgan fingerprint density at radius 2 is 1.93 bits per heavy atom. The zero-order valence-corrected chi connectivity index (χ0v) is 16.8. The standard InChI is InChI=1S/C20H21FN4O4/c1-10-6-7-11(12-14(10)28-8-19(12,2)3)29-16-13(21)15(22-9-23-16)25-17(26)20(4,5)24-18(25)27/h6-7,9H,8H2,1-5H3,(H,24,27). The van der Waals surface area contributed by atoms with Crippen molar-refractivity contribution < 1.29 is 23.5 Å². The van der Waals surface area contributed by atoms with Crippen LogP contribution in [0.3, 0.4) is 0 Å². The SMILES string of the molecule is Cc1ccc(Oc2ncnc(N3C(=O)NC(C)(C)C3=O)c2F)c2c1OCC2(C)C. The first-order valence-electron chi connectivity index (χ1n) is 9.15. The molecule has 29 heavy (non-hydrogen) atoms. The van der Waals surface area contributed by atoms with E-state index < -0.39 is 29.1 Å². The molecular formula is C20H21FN4O4. The van der Waals surface area contributed by atoms with Crippen LogP contribution >= 0.6 is 0 Å². The third kappa shape index (κ3) is 2.88. The van der Waals surface area contributed by atoms with Gasteiger partial charge in [-0.3, -0.25) is 4.79 Å². The van der Waals surface area contributed by atoms with Crippen LogP contribution in [0.5, 0.6) is 17.4 Å². The molecule has 0 atom stereocenters. The summed E-state index contributed by atoms with van der Waals surface area (Å²) in [6.07, 6.45) is 1.05. The molecule has 152 valence electrons. The molecule has 1 aromatic carbocycles. The smallest absolute Gasteiger partial charge is 0.331 e. The highest BCUT2D eigenvalue weighted by molar-refractivity contribution is 6.22. The van der Waals surface area contributed by atoms with Gasteiger partial charge in [0.05, 0.1) is 6.61 Å². The molecule has 1 saturated heterocycles. The minimum absolute atomic E-state index is 0.335. The summed E-state index contributed by atoms with van der Waals surface area (Å²) in [7, 11) is 0. The van der Waals surface area contributed by atoms with Crippen LogP contribution in [-0.2, 0) is 10.2 Å². The Balaban J connectivity index is 1.75. The van der Waals surface area contributed by atoms with Crippen LogP contribution in [-0.4, -0.2) is 34.1 Å². The number of amides is 3. The van der Waals surface area contributed by atoms with Crippen molar-refractivity contribution in [2.75, 3.05) is 11.5 Å². The van der Waals surface area contributed by atoms with Gasteiger partial charge in [-0.2, -0.15) is 9.37 Å². The van der Waals surface area contributed by atoms with E-state index in [0.29, 0.717) is 23.0 Å². The van der Waals surface area contributed by atoms with Gasteiger partial charge >= 0.3 is 6.03 Å². The number of urea groups is 1. The molecule has 2 aromatic rings. The quantitative estimate of drug-likeness (QED) is 0.795. The fourth-order valence-electron chi connectivity index (χ4n) is 3.52. The van der Waals surface area contributed by atoms with E-state index >= 15 is 4.39 Å². The molecule has 9 heteroatoms. The van der Waals surface area contributed by atoms with E-state index in [4.69, 9.17) is 9.47 Å². The number of halogens is 1. The number of anilines is 1. The normalized spacial score (nSPS) is 19.0. The number of aryl methyl sites for hydroxylation is 1. The first-order chi connectivity index (χ1) is 13.5. The predicted molar refractivity (Wildman–Crippen MR) is 102 cm³/mol. The highest BCUT2D eigenvalue weighted by atomic mass is 19.1. The Morgan fingerprint density at radius 3 is 2.59 bits per heavy atom. The summed E-state index contributed by atoms with van der Waals surface area (Å²) in [5.74, 6) is -1.35. The molecule has 2 aliphatic rings. The summed E-state index contributed by atoms with van der Waals surface area (Å²) in [4.78, 5) is 33.0. The first-order valence-corrected chi connectivity index (χ1v) is 9.15. The molecule has 8 nitrogen and oxygen atoms in total. The van der Waals surface area contributed by atoms with Crippen molar-refractivity contribution in [2.45, 2.75) is 45.6 Å². The highest BCUT2D eigenvalue weighted by Crippen LogP contribution is 2.47. The number of fused-ring (bicyclic) bond motifs is 1. The lowest BCUT2D eigenvalue weighted by Gasteiger charge is -2.20. The molecule has 4 rings (SSSR count). The third-order valence-corrected chi connectivity index (χ3v) is 5.09. The Bertz CT molecular complexity index is 1050. The van der Waals surface area contributed by atoms with Crippen molar-refractivity contribution in [1.29, 1.82) is 0 Å². The number of nitrogens with one attached hydrogen (secondary N) is 1. The molecule has 1 fully saturated rings. The molecule has 1 N–H and O–H groups in total. The van der Waals surface area contributed by atoms with E-state index in [9.17, 15) is 9.59 Å². The summed E-state index contributed by atoms with van der Waals surface area (Å²) in [6, 6.07) is 2.78. The molecule has 0 saturated carbocycles. The number of hydrogen-bond acceptors (Lipinski definition) is 6. The van der Waals surface area contributed by atoms with Crippen molar-refractivity contribution in [3.63, 3.8) is 0 Å². The Kier molecular flexibility index (Phi) is 4.04. The van der Waals surface area contributed by atoms with Crippen molar-refractivity contribution >= 4 is 17.8 Å². The predicted octanol–water partition coefficient (Wildman–Crippen LogP) is 3.22. The summed E-state index contributed by atoms with van der Waals surface area (Å²) in [5.41, 5.74) is 0.267. The molecule has 0 unspecified atom stereocenters. The summed E-state index contributed by atoms with van der Waals surface area (Å²) >= 11 is 0. The molecule has 3 heterocycles. The zero-order chi connectivity index (χ0) is 21.1. The Labute approximate surface area is 167 Å². The minimum atomic E-state index is -1.16. The van der Waals surface area contributed by atoms with Crippen LogP contribution < -0.4 is 19.7 Å². The molecule has 0 aliphatic carbocycles. The second kappa shape index (κ2) is 6.13. The second-order valence-corrected chi connectivity index (χ2v) is 8.37. The molecule has 0 bridgehead atoms. The maximum Gasteiger partial charge on any atom is 0.331 e. The van der Waals surface area contributed by atoms with Crippen LogP contribution in [0.4, 0.5) is 15.0 Å². The number of rotatable bonds is 3. The van der Waals surface area contributed by atoms with Gasteiger partial charge in [-0.1, -0.05) is 19.9 Å². The van der Waals surface area contributed by atoms with E-state index in [1.54, 1.807) is 6.07 Å². The van der Waals surface area contributed by atoms with Crippen molar-refractivity contribution in [2.24, 2.45) is 0 Å².